The van der Waals surface area contributed by atoms with Gasteiger partial charge in [-0.25, -0.2) is 0 Å². The zero-order valence-electron chi connectivity index (χ0n) is 12.2. The molecule has 102 valence electrons. The SMILES string of the molecule is CCC(CC)C(C)NCc1ccc2ccccc2n1. The summed E-state index contributed by atoms with van der Waals surface area (Å²) in [7, 11) is 0. The topological polar surface area (TPSA) is 24.9 Å². The van der Waals surface area contributed by atoms with E-state index in [1.807, 2.05) is 6.07 Å². The van der Waals surface area contributed by atoms with E-state index in [9.17, 15) is 0 Å². The molecule has 1 atom stereocenters. The molecular formula is C17H24N2. The first-order chi connectivity index (χ1) is 9.24. The third kappa shape index (κ3) is 3.54. The van der Waals surface area contributed by atoms with Crippen molar-refractivity contribution in [1.82, 2.24) is 10.3 Å². The Kier molecular flexibility index (Phi) is 4.92. The monoisotopic (exact) mass is 256 g/mol. The number of para-hydroxylation sites is 1. The summed E-state index contributed by atoms with van der Waals surface area (Å²) in [5.41, 5.74) is 2.20. The van der Waals surface area contributed by atoms with Crippen molar-refractivity contribution in [3.63, 3.8) is 0 Å². The van der Waals surface area contributed by atoms with Gasteiger partial charge >= 0.3 is 0 Å². The van der Waals surface area contributed by atoms with Gasteiger partial charge in [-0.2, -0.15) is 0 Å². The highest BCUT2D eigenvalue weighted by atomic mass is 14.9. The number of rotatable bonds is 6. The fourth-order valence-electron chi connectivity index (χ4n) is 2.63. The van der Waals surface area contributed by atoms with Crippen LogP contribution in [0.5, 0.6) is 0 Å². The molecule has 0 saturated carbocycles. The molecule has 1 N–H and O–H groups in total. The summed E-state index contributed by atoms with van der Waals surface area (Å²) < 4.78 is 0. The average molecular weight is 256 g/mol. The molecule has 1 heterocycles. The van der Waals surface area contributed by atoms with Crippen LogP contribution in [-0.2, 0) is 6.54 Å². The minimum atomic E-state index is 0.545. The van der Waals surface area contributed by atoms with Gasteiger partial charge in [0, 0.05) is 18.0 Å². The van der Waals surface area contributed by atoms with E-state index in [1.54, 1.807) is 0 Å². The van der Waals surface area contributed by atoms with Crippen LogP contribution in [0.2, 0.25) is 0 Å². The van der Waals surface area contributed by atoms with Crippen molar-refractivity contribution in [3.8, 4) is 0 Å². The minimum absolute atomic E-state index is 0.545. The highest BCUT2D eigenvalue weighted by Gasteiger charge is 2.12. The van der Waals surface area contributed by atoms with Crippen LogP contribution >= 0.6 is 0 Å². The lowest BCUT2D eigenvalue weighted by Crippen LogP contribution is -2.32. The largest absolute Gasteiger partial charge is 0.308 e. The Bertz CT molecular complexity index is 517. The van der Waals surface area contributed by atoms with Crippen molar-refractivity contribution in [2.45, 2.75) is 46.2 Å². The summed E-state index contributed by atoms with van der Waals surface area (Å²) in [5.74, 6) is 0.750. The summed E-state index contributed by atoms with van der Waals surface area (Å²) in [5, 5.41) is 4.81. The lowest BCUT2D eigenvalue weighted by Gasteiger charge is -2.22. The van der Waals surface area contributed by atoms with Gasteiger partial charge in [-0.05, 0) is 25.0 Å². The Morgan fingerprint density at radius 1 is 1.05 bits per heavy atom. The molecule has 0 aliphatic rings. The Labute approximate surface area is 116 Å². The molecule has 0 saturated heterocycles. The molecule has 2 nitrogen and oxygen atoms in total. The molecule has 1 aromatic carbocycles. The number of nitrogens with one attached hydrogen (secondary N) is 1. The first-order valence-electron chi connectivity index (χ1n) is 7.32. The predicted molar refractivity (Wildman–Crippen MR) is 82.1 cm³/mol. The molecule has 2 heteroatoms. The average Bonchev–Trinajstić information content (AvgIpc) is 2.46. The second-order valence-electron chi connectivity index (χ2n) is 5.24. The van der Waals surface area contributed by atoms with E-state index < -0.39 is 0 Å². The number of benzene rings is 1. The Morgan fingerprint density at radius 2 is 1.79 bits per heavy atom. The number of aromatic nitrogens is 1. The maximum absolute atomic E-state index is 4.70. The zero-order valence-corrected chi connectivity index (χ0v) is 12.2. The van der Waals surface area contributed by atoms with E-state index in [0.29, 0.717) is 6.04 Å². The highest BCUT2D eigenvalue weighted by Crippen LogP contribution is 2.14. The molecule has 2 aromatic rings. The first-order valence-corrected chi connectivity index (χ1v) is 7.32. The van der Waals surface area contributed by atoms with Crippen LogP contribution in [0.1, 0.15) is 39.3 Å². The maximum atomic E-state index is 4.70. The molecule has 0 aliphatic heterocycles. The van der Waals surface area contributed by atoms with Crippen LogP contribution in [0, 0.1) is 5.92 Å². The Balaban J connectivity index is 2.01. The van der Waals surface area contributed by atoms with Crippen molar-refractivity contribution in [3.05, 3.63) is 42.1 Å². The van der Waals surface area contributed by atoms with E-state index in [-0.39, 0.29) is 0 Å². The van der Waals surface area contributed by atoms with Crippen LogP contribution in [0.25, 0.3) is 10.9 Å². The van der Waals surface area contributed by atoms with Crippen LogP contribution in [-0.4, -0.2) is 11.0 Å². The van der Waals surface area contributed by atoms with Crippen LogP contribution in [0.15, 0.2) is 36.4 Å². The second kappa shape index (κ2) is 6.67. The van der Waals surface area contributed by atoms with E-state index in [0.717, 1.165) is 23.7 Å². The van der Waals surface area contributed by atoms with Crippen molar-refractivity contribution in [2.24, 2.45) is 5.92 Å². The van der Waals surface area contributed by atoms with E-state index in [2.05, 4.69) is 56.4 Å². The first kappa shape index (κ1) is 14.0. The van der Waals surface area contributed by atoms with Gasteiger partial charge in [0.1, 0.15) is 0 Å². The Morgan fingerprint density at radius 3 is 2.53 bits per heavy atom. The van der Waals surface area contributed by atoms with Gasteiger partial charge in [-0.15, -0.1) is 0 Å². The van der Waals surface area contributed by atoms with E-state index >= 15 is 0 Å². The fraction of sp³-hybridized carbons (Fsp3) is 0.471. The second-order valence-corrected chi connectivity index (χ2v) is 5.24. The summed E-state index contributed by atoms with van der Waals surface area (Å²) in [6.07, 6.45) is 2.46. The normalized spacial score (nSPS) is 13.1. The lowest BCUT2D eigenvalue weighted by atomic mass is 9.95. The molecule has 1 aromatic heterocycles. The van der Waals surface area contributed by atoms with Gasteiger partial charge < -0.3 is 5.32 Å². The Hall–Kier alpha value is -1.41. The number of hydrogen-bond acceptors (Lipinski definition) is 2. The van der Waals surface area contributed by atoms with Crippen molar-refractivity contribution in [1.29, 1.82) is 0 Å². The number of fused-ring (bicyclic) bond motifs is 1. The van der Waals surface area contributed by atoms with Gasteiger partial charge in [0.15, 0.2) is 0 Å². The molecule has 0 amide bonds. The molecular weight excluding hydrogens is 232 g/mol. The number of pyridine rings is 1. The molecule has 0 fully saturated rings. The molecule has 0 aliphatic carbocycles. The van der Waals surface area contributed by atoms with Gasteiger partial charge in [0.2, 0.25) is 0 Å². The molecule has 0 bridgehead atoms. The summed E-state index contributed by atoms with van der Waals surface area (Å²) in [6, 6.07) is 13.1. The van der Waals surface area contributed by atoms with Gasteiger partial charge in [0.25, 0.3) is 0 Å². The smallest absolute Gasteiger partial charge is 0.0705 e. The molecule has 2 rings (SSSR count). The molecule has 19 heavy (non-hydrogen) atoms. The van der Waals surface area contributed by atoms with Crippen LogP contribution in [0.3, 0.4) is 0 Å². The zero-order chi connectivity index (χ0) is 13.7. The fourth-order valence-corrected chi connectivity index (χ4v) is 2.63. The summed E-state index contributed by atoms with van der Waals surface area (Å²) in [6.45, 7) is 7.66. The van der Waals surface area contributed by atoms with Crippen LogP contribution in [0.4, 0.5) is 0 Å². The predicted octanol–water partition coefficient (Wildman–Crippen LogP) is 4.15. The van der Waals surface area contributed by atoms with E-state index in [1.165, 1.54) is 18.2 Å². The van der Waals surface area contributed by atoms with Crippen molar-refractivity contribution < 1.29 is 0 Å². The third-order valence-electron chi connectivity index (χ3n) is 4.02. The highest BCUT2D eigenvalue weighted by molar-refractivity contribution is 5.78. The summed E-state index contributed by atoms with van der Waals surface area (Å²) in [4.78, 5) is 4.70. The third-order valence-corrected chi connectivity index (χ3v) is 4.02. The maximum Gasteiger partial charge on any atom is 0.0705 e. The lowest BCUT2D eigenvalue weighted by molar-refractivity contribution is 0.352. The molecule has 1 unspecified atom stereocenters. The van der Waals surface area contributed by atoms with Gasteiger partial charge in [0.05, 0.1) is 11.2 Å². The standard InChI is InChI=1S/C17H24N2/c1-4-14(5-2)13(3)18-12-16-11-10-15-8-6-7-9-17(15)19-16/h6-11,13-14,18H,4-5,12H2,1-3H3. The molecule has 0 radical (unpaired) electrons. The quantitative estimate of drug-likeness (QED) is 0.840. The van der Waals surface area contributed by atoms with Gasteiger partial charge in [-0.1, -0.05) is 51.0 Å². The van der Waals surface area contributed by atoms with Crippen LogP contribution < -0.4 is 5.32 Å². The minimum Gasteiger partial charge on any atom is -0.308 e. The van der Waals surface area contributed by atoms with E-state index in [4.69, 9.17) is 4.98 Å². The summed E-state index contributed by atoms with van der Waals surface area (Å²) >= 11 is 0. The van der Waals surface area contributed by atoms with Crippen molar-refractivity contribution in [2.75, 3.05) is 0 Å². The molecule has 0 spiro atoms. The number of nitrogens with zero attached hydrogens (tertiary/aromatic N) is 1. The van der Waals surface area contributed by atoms with Gasteiger partial charge in [-0.3, -0.25) is 4.98 Å². The van der Waals surface area contributed by atoms with Crippen molar-refractivity contribution >= 4 is 10.9 Å². The number of hydrogen-bond donors (Lipinski definition) is 1.